The number of rotatable bonds is 2. The molecule has 3 nitrogen and oxygen atoms in total. The molecule has 1 N–H and O–H groups in total. The van der Waals surface area contributed by atoms with Crippen LogP contribution in [0.5, 0.6) is 0 Å². The van der Waals surface area contributed by atoms with E-state index in [1.807, 2.05) is 12.1 Å². The molecule has 0 fully saturated rings. The van der Waals surface area contributed by atoms with E-state index < -0.39 is 0 Å². The summed E-state index contributed by atoms with van der Waals surface area (Å²) in [5, 5.41) is 2.68. The Morgan fingerprint density at radius 3 is 3.13 bits per heavy atom. The summed E-state index contributed by atoms with van der Waals surface area (Å²) in [5.74, 6) is 5.93. The normalized spacial score (nSPS) is 8.93. The number of pyridine rings is 1. The minimum atomic E-state index is -0.0246. The van der Waals surface area contributed by atoms with Gasteiger partial charge in [0.05, 0.1) is 0 Å². The Kier molecular flexibility index (Phi) is 4.85. The largest absolute Gasteiger partial charge is 0.355 e. The monoisotopic (exact) mass is 266 g/mol. The van der Waals surface area contributed by atoms with E-state index in [9.17, 15) is 4.79 Å². The Morgan fingerprint density at radius 2 is 2.47 bits per heavy atom. The highest BCUT2D eigenvalue weighted by Gasteiger charge is 1.89. The number of halogens is 1. The SMILES string of the molecule is CC(=O)NCCC#Cc1ccnc(Br)c1. The standard InChI is InChI=1S/C11H11BrN2O/c1-9(15)13-6-3-2-4-10-5-7-14-11(12)8-10/h5,7-8H,3,6H2,1H3,(H,13,15). The molecule has 0 unspecified atom stereocenters. The molecule has 1 rings (SSSR count). The van der Waals surface area contributed by atoms with Gasteiger partial charge in [-0.3, -0.25) is 4.79 Å². The van der Waals surface area contributed by atoms with Crippen LogP contribution in [0.2, 0.25) is 0 Å². The van der Waals surface area contributed by atoms with Crippen molar-refractivity contribution in [3.05, 3.63) is 28.5 Å². The van der Waals surface area contributed by atoms with Crippen LogP contribution in [-0.4, -0.2) is 17.4 Å². The van der Waals surface area contributed by atoms with Crippen molar-refractivity contribution in [1.82, 2.24) is 10.3 Å². The Bertz CT molecular complexity index is 407. The molecule has 1 amide bonds. The number of carbonyl (C=O) groups excluding carboxylic acids is 1. The van der Waals surface area contributed by atoms with Gasteiger partial charge >= 0.3 is 0 Å². The Balaban J connectivity index is 2.41. The van der Waals surface area contributed by atoms with Gasteiger partial charge in [-0.05, 0) is 28.1 Å². The maximum Gasteiger partial charge on any atom is 0.216 e. The first-order valence-corrected chi connectivity index (χ1v) is 5.32. The number of nitrogens with zero attached hydrogens (tertiary/aromatic N) is 1. The third-order valence-corrected chi connectivity index (χ3v) is 2.02. The lowest BCUT2D eigenvalue weighted by molar-refractivity contribution is -0.118. The first kappa shape index (κ1) is 11.7. The zero-order valence-electron chi connectivity index (χ0n) is 8.38. The Hall–Kier alpha value is -1.34. The molecule has 1 aromatic rings. The number of amides is 1. The lowest BCUT2D eigenvalue weighted by Crippen LogP contribution is -2.20. The molecule has 0 bridgehead atoms. The highest BCUT2D eigenvalue weighted by Crippen LogP contribution is 2.06. The fourth-order valence-corrected chi connectivity index (χ4v) is 1.31. The van der Waals surface area contributed by atoms with Crippen molar-refractivity contribution < 1.29 is 4.79 Å². The van der Waals surface area contributed by atoms with Gasteiger partial charge in [-0.15, -0.1) is 0 Å². The van der Waals surface area contributed by atoms with Gasteiger partial charge in [0.1, 0.15) is 4.60 Å². The number of hydrogen-bond donors (Lipinski definition) is 1. The number of aromatic nitrogens is 1. The molecule has 0 aliphatic heterocycles. The van der Waals surface area contributed by atoms with Crippen LogP contribution in [0.3, 0.4) is 0 Å². The van der Waals surface area contributed by atoms with Crippen molar-refractivity contribution in [2.24, 2.45) is 0 Å². The van der Waals surface area contributed by atoms with Gasteiger partial charge in [-0.1, -0.05) is 11.8 Å². The molecule has 0 saturated heterocycles. The Labute approximate surface area is 97.4 Å². The summed E-state index contributed by atoms with van der Waals surface area (Å²) < 4.78 is 0.774. The van der Waals surface area contributed by atoms with E-state index in [-0.39, 0.29) is 5.91 Å². The van der Waals surface area contributed by atoms with Crippen LogP contribution in [0.25, 0.3) is 0 Å². The minimum absolute atomic E-state index is 0.0246. The van der Waals surface area contributed by atoms with Gasteiger partial charge in [0.25, 0.3) is 0 Å². The number of carbonyl (C=O) groups is 1. The zero-order chi connectivity index (χ0) is 11.1. The molecule has 0 aliphatic rings. The highest BCUT2D eigenvalue weighted by atomic mass is 79.9. The van der Waals surface area contributed by atoms with Crippen LogP contribution in [-0.2, 0) is 4.79 Å². The van der Waals surface area contributed by atoms with Crippen LogP contribution >= 0.6 is 15.9 Å². The van der Waals surface area contributed by atoms with Gasteiger partial charge in [0, 0.05) is 31.6 Å². The molecule has 0 atom stereocenters. The summed E-state index contributed by atoms with van der Waals surface area (Å²) in [6, 6.07) is 3.70. The van der Waals surface area contributed by atoms with E-state index in [0.29, 0.717) is 13.0 Å². The smallest absolute Gasteiger partial charge is 0.216 e. The molecule has 0 spiro atoms. The quantitative estimate of drug-likeness (QED) is 0.503. The molecule has 0 radical (unpaired) electrons. The molecule has 4 heteroatoms. The molecule has 0 aromatic carbocycles. The predicted molar refractivity (Wildman–Crippen MR) is 62.1 cm³/mol. The molecule has 0 saturated carbocycles. The van der Waals surface area contributed by atoms with Crippen molar-refractivity contribution in [2.75, 3.05) is 6.54 Å². The fraction of sp³-hybridized carbons (Fsp3) is 0.273. The van der Waals surface area contributed by atoms with Gasteiger partial charge < -0.3 is 5.32 Å². The summed E-state index contributed by atoms with van der Waals surface area (Å²) >= 11 is 3.27. The van der Waals surface area contributed by atoms with Crippen LogP contribution in [0.15, 0.2) is 22.9 Å². The van der Waals surface area contributed by atoms with Crippen molar-refractivity contribution in [3.8, 4) is 11.8 Å². The Morgan fingerprint density at radius 1 is 1.67 bits per heavy atom. The molecule has 78 valence electrons. The van der Waals surface area contributed by atoms with Crippen molar-refractivity contribution >= 4 is 21.8 Å². The van der Waals surface area contributed by atoms with E-state index in [0.717, 1.165) is 10.2 Å². The van der Waals surface area contributed by atoms with Crippen molar-refractivity contribution in [1.29, 1.82) is 0 Å². The second-order valence-corrected chi connectivity index (χ2v) is 3.71. The predicted octanol–water partition coefficient (Wildman–Crippen LogP) is 1.72. The summed E-state index contributed by atoms with van der Waals surface area (Å²) in [7, 11) is 0. The maximum atomic E-state index is 10.5. The highest BCUT2D eigenvalue weighted by molar-refractivity contribution is 9.10. The van der Waals surface area contributed by atoms with E-state index in [4.69, 9.17) is 0 Å². The maximum absolute atomic E-state index is 10.5. The topological polar surface area (TPSA) is 42.0 Å². The average Bonchev–Trinajstić information content (AvgIpc) is 2.17. The third-order valence-electron chi connectivity index (χ3n) is 1.58. The van der Waals surface area contributed by atoms with E-state index >= 15 is 0 Å². The lowest BCUT2D eigenvalue weighted by Gasteiger charge is -1.94. The molecule has 15 heavy (non-hydrogen) atoms. The summed E-state index contributed by atoms with van der Waals surface area (Å²) in [6.45, 7) is 2.09. The van der Waals surface area contributed by atoms with Crippen LogP contribution in [0.4, 0.5) is 0 Å². The summed E-state index contributed by atoms with van der Waals surface area (Å²) in [6.07, 6.45) is 2.35. The molecule has 1 heterocycles. The first-order chi connectivity index (χ1) is 7.18. The lowest BCUT2D eigenvalue weighted by atomic mass is 10.2. The first-order valence-electron chi connectivity index (χ1n) is 4.53. The van der Waals surface area contributed by atoms with E-state index in [1.54, 1.807) is 6.20 Å². The van der Waals surface area contributed by atoms with Gasteiger partial charge in [-0.2, -0.15) is 0 Å². The molecular formula is C11H11BrN2O. The molecule has 1 aromatic heterocycles. The second kappa shape index (κ2) is 6.20. The van der Waals surface area contributed by atoms with Crippen molar-refractivity contribution in [3.63, 3.8) is 0 Å². The third kappa shape index (κ3) is 5.18. The van der Waals surface area contributed by atoms with Gasteiger partial charge in [0.2, 0.25) is 5.91 Å². The zero-order valence-corrected chi connectivity index (χ0v) is 9.97. The van der Waals surface area contributed by atoms with Crippen LogP contribution in [0, 0.1) is 11.8 Å². The summed E-state index contributed by atoms with van der Waals surface area (Å²) in [4.78, 5) is 14.5. The van der Waals surface area contributed by atoms with Gasteiger partial charge in [0.15, 0.2) is 0 Å². The van der Waals surface area contributed by atoms with E-state index in [2.05, 4.69) is 38.1 Å². The second-order valence-electron chi connectivity index (χ2n) is 2.90. The summed E-state index contributed by atoms with van der Waals surface area (Å²) in [5.41, 5.74) is 0.916. The number of nitrogens with one attached hydrogen (secondary N) is 1. The van der Waals surface area contributed by atoms with Crippen molar-refractivity contribution in [2.45, 2.75) is 13.3 Å². The number of hydrogen-bond acceptors (Lipinski definition) is 2. The minimum Gasteiger partial charge on any atom is -0.355 e. The fourth-order valence-electron chi connectivity index (χ4n) is 0.946. The average molecular weight is 267 g/mol. The molecular weight excluding hydrogens is 256 g/mol. The molecule has 0 aliphatic carbocycles. The van der Waals surface area contributed by atoms with Crippen LogP contribution < -0.4 is 5.32 Å². The van der Waals surface area contributed by atoms with E-state index in [1.165, 1.54) is 6.92 Å². The van der Waals surface area contributed by atoms with Crippen LogP contribution in [0.1, 0.15) is 18.9 Å². The van der Waals surface area contributed by atoms with Gasteiger partial charge in [-0.25, -0.2) is 4.98 Å².